The molecule has 0 radical (unpaired) electrons. The molecule has 1 heterocycles. The van der Waals surface area contributed by atoms with E-state index in [4.69, 9.17) is 14.5 Å². The second-order valence-electron chi connectivity index (χ2n) is 8.36. The summed E-state index contributed by atoms with van der Waals surface area (Å²) < 4.78 is 14.7. The SMILES string of the molecule is C=CCc1ccc(OCCCn2c(CCNC(=O)c3ccc(Br)cc3)nc3ccccc32)c(OC)c1. The first-order valence-electron chi connectivity index (χ1n) is 12.0. The number of rotatable bonds is 12. The second kappa shape index (κ2) is 12.4. The molecule has 1 aromatic heterocycles. The molecule has 4 aromatic rings. The summed E-state index contributed by atoms with van der Waals surface area (Å²) in [5, 5.41) is 3.00. The summed E-state index contributed by atoms with van der Waals surface area (Å²) in [6, 6.07) is 21.4. The Hall–Kier alpha value is -3.58. The van der Waals surface area contributed by atoms with Gasteiger partial charge in [-0.05, 0) is 66.9 Å². The summed E-state index contributed by atoms with van der Waals surface area (Å²) in [7, 11) is 1.65. The summed E-state index contributed by atoms with van der Waals surface area (Å²) in [5.74, 6) is 2.31. The van der Waals surface area contributed by atoms with E-state index in [1.54, 1.807) is 19.2 Å². The van der Waals surface area contributed by atoms with Gasteiger partial charge >= 0.3 is 0 Å². The van der Waals surface area contributed by atoms with Crippen LogP contribution >= 0.6 is 15.9 Å². The number of hydrogen-bond donors (Lipinski definition) is 1. The van der Waals surface area contributed by atoms with Crippen LogP contribution in [0.4, 0.5) is 0 Å². The van der Waals surface area contributed by atoms with Crippen LogP contribution in [0.15, 0.2) is 83.9 Å². The maximum Gasteiger partial charge on any atom is 0.251 e. The number of allylic oxidation sites excluding steroid dienone is 1. The predicted octanol–water partition coefficient (Wildman–Crippen LogP) is 5.98. The molecule has 0 unspecified atom stereocenters. The van der Waals surface area contributed by atoms with Crippen molar-refractivity contribution in [3.8, 4) is 11.5 Å². The Morgan fingerprint density at radius 3 is 2.69 bits per heavy atom. The zero-order valence-corrected chi connectivity index (χ0v) is 22.0. The molecule has 0 saturated heterocycles. The third-order valence-electron chi connectivity index (χ3n) is 5.87. The average Bonchev–Trinajstić information content (AvgIpc) is 3.24. The van der Waals surface area contributed by atoms with Crippen molar-refractivity contribution in [2.75, 3.05) is 20.3 Å². The number of carbonyl (C=O) groups is 1. The molecule has 0 aliphatic heterocycles. The van der Waals surface area contributed by atoms with Gasteiger partial charge in [0.25, 0.3) is 5.91 Å². The molecule has 186 valence electrons. The standard InChI is InChI=1S/C29H30BrN3O3/c1-3-7-21-10-15-26(27(20-21)35-2)36-19-6-18-33-25-9-5-4-8-24(25)32-28(33)16-17-31-29(34)22-11-13-23(30)14-12-22/h3-5,8-15,20H,1,6-7,16-19H2,2H3,(H,31,34). The second-order valence-corrected chi connectivity index (χ2v) is 9.28. The van der Waals surface area contributed by atoms with Gasteiger partial charge in [-0.15, -0.1) is 6.58 Å². The van der Waals surface area contributed by atoms with Gasteiger partial charge in [0.1, 0.15) is 5.82 Å². The number of imidazole rings is 1. The molecule has 3 aromatic carbocycles. The first-order valence-corrected chi connectivity index (χ1v) is 12.8. The highest BCUT2D eigenvalue weighted by atomic mass is 79.9. The van der Waals surface area contributed by atoms with Crippen molar-refractivity contribution >= 4 is 32.9 Å². The normalized spacial score (nSPS) is 10.8. The number of carbonyl (C=O) groups excluding carboxylic acids is 1. The van der Waals surface area contributed by atoms with Gasteiger partial charge in [-0.2, -0.15) is 0 Å². The van der Waals surface area contributed by atoms with Crippen LogP contribution in [0.1, 0.15) is 28.2 Å². The summed E-state index contributed by atoms with van der Waals surface area (Å²) in [5.41, 5.74) is 3.80. The van der Waals surface area contributed by atoms with Gasteiger partial charge in [-0.1, -0.05) is 40.2 Å². The summed E-state index contributed by atoms with van der Waals surface area (Å²) in [4.78, 5) is 17.3. The molecule has 0 aliphatic carbocycles. The number of para-hydroxylation sites is 2. The molecule has 0 atom stereocenters. The van der Waals surface area contributed by atoms with E-state index in [1.807, 2.05) is 54.6 Å². The number of halogens is 1. The monoisotopic (exact) mass is 547 g/mol. The molecular weight excluding hydrogens is 518 g/mol. The topological polar surface area (TPSA) is 65.4 Å². The van der Waals surface area contributed by atoms with Gasteiger partial charge in [0, 0.05) is 29.5 Å². The largest absolute Gasteiger partial charge is 0.493 e. The molecule has 4 rings (SSSR count). The molecular formula is C29H30BrN3O3. The number of nitrogens with one attached hydrogen (secondary N) is 1. The Labute approximate surface area is 220 Å². The molecule has 0 saturated carbocycles. The minimum Gasteiger partial charge on any atom is -0.493 e. The van der Waals surface area contributed by atoms with E-state index < -0.39 is 0 Å². The van der Waals surface area contributed by atoms with Crippen molar-refractivity contribution in [3.05, 3.63) is 101 Å². The van der Waals surface area contributed by atoms with Crippen LogP contribution < -0.4 is 14.8 Å². The molecule has 1 amide bonds. The Morgan fingerprint density at radius 1 is 1.11 bits per heavy atom. The Morgan fingerprint density at radius 2 is 1.92 bits per heavy atom. The number of ether oxygens (including phenoxy) is 2. The molecule has 0 aliphatic rings. The van der Waals surface area contributed by atoms with E-state index in [-0.39, 0.29) is 5.91 Å². The number of nitrogens with zero attached hydrogens (tertiary/aromatic N) is 2. The van der Waals surface area contributed by atoms with Crippen molar-refractivity contribution in [1.82, 2.24) is 14.9 Å². The first-order chi connectivity index (χ1) is 17.6. The highest BCUT2D eigenvalue weighted by Crippen LogP contribution is 2.28. The average molecular weight is 548 g/mol. The minimum absolute atomic E-state index is 0.0911. The lowest BCUT2D eigenvalue weighted by atomic mass is 10.1. The zero-order chi connectivity index (χ0) is 25.3. The van der Waals surface area contributed by atoms with Gasteiger partial charge in [-0.25, -0.2) is 4.98 Å². The number of aromatic nitrogens is 2. The molecule has 0 spiro atoms. The van der Waals surface area contributed by atoms with E-state index in [9.17, 15) is 4.79 Å². The lowest BCUT2D eigenvalue weighted by Crippen LogP contribution is -2.26. The molecule has 6 nitrogen and oxygen atoms in total. The fourth-order valence-corrected chi connectivity index (χ4v) is 4.35. The quantitative estimate of drug-likeness (QED) is 0.175. The van der Waals surface area contributed by atoms with Gasteiger partial charge in [0.2, 0.25) is 0 Å². The van der Waals surface area contributed by atoms with Crippen molar-refractivity contribution < 1.29 is 14.3 Å². The van der Waals surface area contributed by atoms with E-state index in [0.29, 0.717) is 25.1 Å². The molecule has 0 bridgehead atoms. The highest BCUT2D eigenvalue weighted by Gasteiger charge is 2.12. The number of fused-ring (bicyclic) bond motifs is 1. The van der Waals surface area contributed by atoms with Crippen LogP contribution in [0.3, 0.4) is 0 Å². The van der Waals surface area contributed by atoms with Gasteiger partial charge in [-0.3, -0.25) is 4.79 Å². The fourth-order valence-electron chi connectivity index (χ4n) is 4.09. The number of methoxy groups -OCH3 is 1. The van der Waals surface area contributed by atoms with Crippen LogP contribution in [0, 0.1) is 0 Å². The summed E-state index contributed by atoms with van der Waals surface area (Å²) >= 11 is 3.40. The van der Waals surface area contributed by atoms with Crippen molar-refractivity contribution in [1.29, 1.82) is 0 Å². The van der Waals surface area contributed by atoms with Crippen molar-refractivity contribution in [3.63, 3.8) is 0 Å². The van der Waals surface area contributed by atoms with Crippen LogP contribution in [-0.2, 0) is 19.4 Å². The van der Waals surface area contributed by atoms with Gasteiger partial charge in [0.05, 0.1) is 24.8 Å². The first kappa shape index (κ1) is 25.5. The van der Waals surface area contributed by atoms with Crippen molar-refractivity contribution in [2.45, 2.75) is 25.8 Å². The van der Waals surface area contributed by atoms with E-state index >= 15 is 0 Å². The third kappa shape index (κ3) is 6.34. The van der Waals surface area contributed by atoms with Gasteiger partial charge in [0.15, 0.2) is 11.5 Å². The lowest BCUT2D eigenvalue weighted by Gasteiger charge is -2.13. The molecule has 1 N–H and O–H groups in total. The molecule has 36 heavy (non-hydrogen) atoms. The summed E-state index contributed by atoms with van der Waals surface area (Å²) in [6.45, 7) is 5.60. The Bertz CT molecular complexity index is 1330. The Kier molecular flexibility index (Phi) is 8.79. The van der Waals surface area contributed by atoms with E-state index in [1.165, 1.54) is 0 Å². The van der Waals surface area contributed by atoms with Crippen LogP contribution in [0.5, 0.6) is 11.5 Å². The molecule has 7 heteroatoms. The maximum absolute atomic E-state index is 12.5. The lowest BCUT2D eigenvalue weighted by molar-refractivity contribution is 0.0954. The van der Waals surface area contributed by atoms with Crippen LogP contribution in [-0.4, -0.2) is 35.7 Å². The number of aryl methyl sites for hydroxylation is 1. The number of amides is 1. The minimum atomic E-state index is -0.0911. The maximum atomic E-state index is 12.5. The highest BCUT2D eigenvalue weighted by molar-refractivity contribution is 9.10. The number of hydrogen-bond acceptors (Lipinski definition) is 4. The van der Waals surface area contributed by atoms with Crippen LogP contribution in [0.25, 0.3) is 11.0 Å². The fraction of sp³-hybridized carbons (Fsp3) is 0.241. The van der Waals surface area contributed by atoms with Crippen molar-refractivity contribution in [2.24, 2.45) is 0 Å². The predicted molar refractivity (Wildman–Crippen MR) is 147 cm³/mol. The van der Waals surface area contributed by atoms with Crippen LogP contribution in [0.2, 0.25) is 0 Å². The van der Waals surface area contributed by atoms with E-state index in [2.05, 4.69) is 38.5 Å². The van der Waals surface area contributed by atoms with E-state index in [0.717, 1.165) is 57.8 Å². The zero-order valence-electron chi connectivity index (χ0n) is 20.4. The third-order valence-corrected chi connectivity index (χ3v) is 6.39. The summed E-state index contributed by atoms with van der Waals surface area (Å²) in [6.07, 6.45) is 4.10. The smallest absolute Gasteiger partial charge is 0.251 e. The number of benzene rings is 3. The molecule has 0 fully saturated rings. The Balaban J connectivity index is 1.37. The van der Waals surface area contributed by atoms with Gasteiger partial charge < -0.3 is 19.4 Å².